The Morgan fingerprint density at radius 3 is 1.28 bits per heavy atom. The molecule has 0 spiro atoms. The minimum atomic E-state index is -0.405. The second kappa shape index (κ2) is 82.8. The largest absolute Gasteiger partial charge is 0.494 e. The molecule has 0 bridgehead atoms. The number of carbonyl (C=O) groups excluding carboxylic acids is 2. The Bertz CT molecular complexity index is 2500. The second-order valence-electron chi connectivity index (χ2n) is 18.8. The number of esters is 2. The maximum Gasteiger partial charge on any atom is 0.340 e. The van der Waals surface area contributed by atoms with Gasteiger partial charge in [0.05, 0.1) is 42.7 Å². The number of nitro groups is 1. The number of nitro benzene ring substituents is 1. The number of non-ortho nitro benzene ring substituents is 1. The van der Waals surface area contributed by atoms with Crippen molar-refractivity contribution in [3.63, 3.8) is 0 Å². The van der Waals surface area contributed by atoms with Crippen molar-refractivity contribution in [2.75, 3.05) is 44.9 Å². The summed E-state index contributed by atoms with van der Waals surface area (Å²) in [4.78, 5) is 43.2. The number of benzene rings is 4. The summed E-state index contributed by atoms with van der Waals surface area (Å²) in [6.07, 6.45) is 42.6. The van der Waals surface area contributed by atoms with Crippen molar-refractivity contribution in [2.45, 2.75) is 183 Å². The number of rotatable bonds is 30. The molecule has 0 N–H and O–H groups in total. The third-order valence-electron chi connectivity index (χ3n) is 12.6. The predicted octanol–water partition coefficient (Wildman–Crippen LogP) is 21.7. The summed E-state index contributed by atoms with van der Waals surface area (Å²) in [5, 5.41) is 10.7. The molecule has 0 aliphatic heterocycles. The Hall–Kier alpha value is -6.22. The van der Waals surface area contributed by atoms with Crippen LogP contribution in [0.25, 0.3) is 21.8 Å². The zero-order chi connectivity index (χ0) is 73.0. The van der Waals surface area contributed by atoms with Crippen molar-refractivity contribution in [1.29, 1.82) is 0 Å². The summed E-state index contributed by atoms with van der Waals surface area (Å²) in [5.74, 6) is 2.32. The molecule has 12 nitrogen and oxygen atoms in total. The van der Waals surface area contributed by atoms with Gasteiger partial charge in [-0.25, -0.2) is 0 Å². The lowest BCUT2D eigenvalue weighted by Crippen LogP contribution is -2.26. The Morgan fingerprint density at radius 1 is 0.565 bits per heavy atom. The summed E-state index contributed by atoms with van der Waals surface area (Å²) >= 11 is 29.3. The highest BCUT2D eigenvalue weighted by Crippen LogP contribution is 2.23. The topological polar surface area (TPSA) is 126 Å². The molecule has 0 aliphatic carbocycles. The number of hydrogen-bond acceptors (Lipinski definition) is 17. The summed E-state index contributed by atoms with van der Waals surface area (Å²) in [6, 6.07) is 29.7. The van der Waals surface area contributed by atoms with Crippen LogP contribution in [0.5, 0.6) is 11.5 Å². The SMILES string of the molecule is C.C.C.C.C.C.C#C.C#C.C#C.C#[N+]c1ccc(N(C)CCCCC(C)CC)cc1.C#[N+]c1ccc(OCCCCCCOC(=O)C(C)CC)cc1.CCC(C)(C)C(=O)OCCCCCCOc1ccc(/C=C/c2ccc([N+](=O)[O-])cc2)cc1.S=S.S=S.S=S.S=S.[2H][2H].[2H][2H].[2H][2H]. The van der Waals surface area contributed by atoms with E-state index in [2.05, 4.69) is 176 Å². The van der Waals surface area contributed by atoms with Crippen LogP contribution >= 0.6 is 0 Å². The zero-order valence-corrected chi connectivity index (χ0v) is 58.0. The maximum absolute atomic E-state index is 11.9. The van der Waals surface area contributed by atoms with E-state index in [9.17, 15) is 19.7 Å². The molecule has 2 unspecified atom stereocenters. The Balaban J connectivity index is -0.0000000714. The second-order valence-corrected chi connectivity index (χ2v) is 18.8. The molecule has 2 atom stereocenters. The molecule has 0 aliphatic rings. The van der Waals surface area contributed by atoms with E-state index in [0.717, 1.165) is 111 Å². The van der Waals surface area contributed by atoms with Gasteiger partial charge in [-0.15, -0.1) is 38.5 Å². The fraction of sp³-hybridized carbons (Fsp3) is 0.500. The van der Waals surface area contributed by atoms with Gasteiger partial charge in [-0.3, -0.25) is 19.7 Å². The number of nitrogens with zero attached hydrogens (tertiary/aromatic N) is 4. The van der Waals surface area contributed by atoms with Crippen LogP contribution in [0.15, 0.2) is 97.1 Å². The predicted molar refractivity (Wildman–Crippen MR) is 433 cm³/mol. The quantitative estimate of drug-likeness (QED) is 0.0123. The Labute approximate surface area is 610 Å². The first-order valence-electron chi connectivity index (χ1n) is 30.7. The lowest BCUT2D eigenvalue weighted by atomic mass is 9.91. The molecular weight excluding hydrogens is 1310 g/mol. The lowest BCUT2D eigenvalue weighted by Gasteiger charge is -2.20. The molecule has 0 saturated carbocycles. The highest BCUT2D eigenvalue weighted by molar-refractivity contribution is 8.08. The van der Waals surface area contributed by atoms with Crippen LogP contribution < -0.4 is 14.4 Å². The minimum Gasteiger partial charge on any atom is -0.494 e. The molecule has 20 heteroatoms. The van der Waals surface area contributed by atoms with Gasteiger partial charge >= 0.3 is 23.3 Å². The van der Waals surface area contributed by atoms with Gasteiger partial charge in [0.2, 0.25) is 0 Å². The van der Waals surface area contributed by atoms with Gasteiger partial charge in [0.25, 0.3) is 18.8 Å². The van der Waals surface area contributed by atoms with E-state index in [1.807, 2.05) is 107 Å². The summed E-state index contributed by atoms with van der Waals surface area (Å²) in [6.45, 7) is 28.2. The first kappa shape index (κ1) is 105. The number of unbranched alkanes of at least 4 members (excludes halogenated alkanes) is 7. The highest BCUT2D eigenvalue weighted by Gasteiger charge is 2.26. The summed E-state index contributed by atoms with van der Waals surface area (Å²) in [7, 11) is 2.14. The molecule has 0 aromatic heterocycles. The zero-order valence-electron chi connectivity index (χ0n) is 57.4. The molecule has 0 radical (unpaired) electrons. The third-order valence-corrected chi connectivity index (χ3v) is 12.6. The normalized spacial score (nSPS) is 9.57. The van der Waals surface area contributed by atoms with Crippen LogP contribution in [0.1, 0.15) is 203 Å². The van der Waals surface area contributed by atoms with Crippen molar-refractivity contribution in [3.8, 4) is 63.2 Å². The fourth-order valence-electron chi connectivity index (χ4n) is 6.65. The van der Waals surface area contributed by atoms with Crippen LogP contribution in [0.2, 0.25) is 0 Å². The molecule has 0 fully saturated rings. The summed E-state index contributed by atoms with van der Waals surface area (Å²) in [5.41, 5.74) is 4.40. The molecule has 4 aromatic carbocycles. The average molecular weight is 1430 g/mol. The molecule has 522 valence electrons. The van der Waals surface area contributed by atoms with Crippen molar-refractivity contribution >= 4 is 136 Å². The molecule has 0 amide bonds. The smallest absolute Gasteiger partial charge is 0.340 e. The average Bonchev–Trinajstić information content (AvgIpc) is 1.01. The number of anilines is 1. The molecule has 4 aromatic rings. The van der Waals surface area contributed by atoms with Crippen molar-refractivity contribution in [1.82, 2.24) is 0 Å². The van der Waals surface area contributed by atoms with E-state index in [1.54, 1.807) is 12.1 Å². The van der Waals surface area contributed by atoms with E-state index < -0.39 is 10.3 Å². The van der Waals surface area contributed by atoms with Gasteiger partial charge in [0.15, 0.2) is 0 Å². The van der Waals surface area contributed by atoms with Crippen LogP contribution in [0.4, 0.5) is 22.7 Å². The van der Waals surface area contributed by atoms with Crippen LogP contribution in [-0.2, 0) is 109 Å². The van der Waals surface area contributed by atoms with E-state index in [-0.39, 0.29) is 68.1 Å². The lowest BCUT2D eigenvalue weighted by molar-refractivity contribution is -0.384. The number of carbonyl (C=O) groups is 2. The number of ether oxygens (including phenoxy) is 4. The highest BCUT2D eigenvalue weighted by atomic mass is 32.8. The van der Waals surface area contributed by atoms with E-state index >= 15 is 0 Å². The Morgan fingerprint density at radius 2 is 0.924 bits per heavy atom. The first-order valence-corrected chi connectivity index (χ1v) is 33.0. The van der Waals surface area contributed by atoms with Crippen molar-refractivity contribution in [3.05, 3.63) is 128 Å². The minimum absolute atomic E-state index is 0. The monoisotopic (exact) mass is 1430 g/mol. The first-order chi connectivity index (χ1) is 44.7. The van der Waals surface area contributed by atoms with Gasteiger partial charge in [0.1, 0.15) is 11.5 Å². The van der Waals surface area contributed by atoms with Gasteiger partial charge in [-0.1, -0.05) is 123 Å². The van der Waals surface area contributed by atoms with Gasteiger partial charge in [-0.05, 0) is 160 Å². The van der Waals surface area contributed by atoms with Crippen molar-refractivity contribution in [2.24, 2.45) is 17.3 Å². The maximum atomic E-state index is 11.9. The Kier molecular flexibility index (Phi) is 94.1. The fourth-order valence-corrected chi connectivity index (χ4v) is 6.65. The number of terminal acetylenes is 3. The molecule has 0 saturated heterocycles. The van der Waals surface area contributed by atoms with Gasteiger partial charge in [-0.2, -0.15) is 0 Å². The summed E-state index contributed by atoms with van der Waals surface area (Å²) < 4.78 is 52.0. The molecule has 92 heavy (non-hydrogen) atoms. The number of hydrogen-bond donors (Lipinski definition) is 0. The van der Waals surface area contributed by atoms with E-state index in [4.69, 9.17) is 41.0 Å². The molecule has 0 heterocycles. The standard InChI is InChI=1S/C26H33NO5.C18H26NO3.C16H25N2.3C2H2.6CH4.4S2.3H2/c1-4-26(2,3)25(28)32-20-8-6-5-7-19-31-24-17-13-22(14-18-24)10-9-21-11-15-23(16-12-21)27(29)30;1-4-15(2)18(20)22-14-8-6-5-7-13-21-17-11-9-16(19-3)10-12-17;1-5-14(2)8-6-7-13-18(4)16-11-9-15(17-3)10-12-16;3*1-2;;;;;;;4*1-2;;;/h9-18H,4-8,19-20H2,1-3H3;3,9-12,15H,4-8,13-14H2,1-2H3;3,9-12,14H,5-8,13H2,1-2,4H3;3*1-2H;6*1H4;;;;;3*1H/q;2*+1;;;;;;;;;;;;;;;;/b10-9+;;;;;;;;;;;;;;;;;;/i;;;;;;;;;;;;;;;;3*1+1D. The van der Waals surface area contributed by atoms with Gasteiger partial charge < -0.3 is 23.8 Å². The third kappa shape index (κ3) is 61.3. The molecule has 4 rings (SSSR count). The van der Waals surface area contributed by atoms with Crippen LogP contribution in [0, 0.1) is 79.0 Å². The van der Waals surface area contributed by atoms with E-state index in [0.29, 0.717) is 26.4 Å². The van der Waals surface area contributed by atoms with Crippen LogP contribution in [0.3, 0.4) is 0 Å². The van der Waals surface area contributed by atoms with Crippen LogP contribution in [-0.4, -0.2) is 56.9 Å². The molecular formula is C72H120N4O8S8+2. The van der Waals surface area contributed by atoms with Crippen molar-refractivity contribution < 1.29 is 42.4 Å². The van der Waals surface area contributed by atoms with Gasteiger partial charge in [0, 0.05) is 154 Å². The van der Waals surface area contributed by atoms with E-state index in [1.165, 1.54) is 43.5 Å².